The van der Waals surface area contributed by atoms with Crippen molar-refractivity contribution < 1.29 is 10.0 Å². The Morgan fingerprint density at radius 3 is 2.73 bits per heavy atom. The van der Waals surface area contributed by atoms with E-state index in [0.29, 0.717) is 13.1 Å². The second kappa shape index (κ2) is 4.69. The van der Waals surface area contributed by atoms with E-state index in [1.807, 2.05) is 0 Å². The van der Waals surface area contributed by atoms with Crippen molar-refractivity contribution in [3.63, 3.8) is 0 Å². The van der Waals surface area contributed by atoms with Gasteiger partial charge in [0.15, 0.2) is 0 Å². The number of nitrogens with zero attached hydrogens (tertiary/aromatic N) is 1. The van der Waals surface area contributed by atoms with Gasteiger partial charge in [-0.3, -0.25) is 10.1 Å². The summed E-state index contributed by atoms with van der Waals surface area (Å²) in [6, 6.07) is 3.21. The largest absolute Gasteiger partial charge is 0.389 e. The van der Waals surface area contributed by atoms with Gasteiger partial charge in [-0.05, 0) is 19.9 Å². The number of thiophene rings is 1. The van der Waals surface area contributed by atoms with E-state index >= 15 is 0 Å². The van der Waals surface area contributed by atoms with Crippen LogP contribution >= 0.6 is 11.3 Å². The molecule has 84 valence electrons. The fourth-order valence-corrected chi connectivity index (χ4v) is 1.84. The van der Waals surface area contributed by atoms with E-state index in [1.165, 1.54) is 6.07 Å². The zero-order valence-corrected chi connectivity index (χ0v) is 9.50. The number of aliphatic hydroxyl groups is 1. The lowest BCUT2D eigenvalue weighted by atomic mass is 10.1. The van der Waals surface area contributed by atoms with E-state index in [0.717, 1.165) is 16.2 Å². The first-order chi connectivity index (χ1) is 6.88. The molecule has 0 fully saturated rings. The van der Waals surface area contributed by atoms with E-state index in [1.54, 1.807) is 19.9 Å². The molecule has 0 radical (unpaired) electrons. The van der Waals surface area contributed by atoms with Crippen LogP contribution in [0.25, 0.3) is 0 Å². The van der Waals surface area contributed by atoms with E-state index in [2.05, 4.69) is 5.32 Å². The third-order valence-corrected chi connectivity index (χ3v) is 2.72. The lowest BCUT2D eigenvalue weighted by Gasteiger charge is -2.17. The maximum atomic E-state index is 10.4. The topological polar surface area (TPSA) is 75.4 Å². The Kier molecular flexibility index (Phi) is 3.78. The third-order valence-electron chi connectivity index (χ3n) is 1.68. The molecule has 0 unspecified atom stereocenters. The zero-order valence-electron chi connectivity index (χ0n) is 8.69. The van der Waals surface area contributed by atoms with Gasteiger partial charge in [0.1, 0.15) is 0 Å². The molecule has 5 nitrogen and oxygen atoms in total. The smallest absolute Gasteiger partial charge is 0.324 e. The Hall–Kier alpha value is -0.980. The molecule has 1 rings (SSSR count). The van der Waals surface area contributed by atoms with Crippen LogP contribution in [0.5, 0.6) is 0 Å². The Balaban J connectivity index is 2.41. The fraction of sp³-hybridized carbons (Fsp3) is 0.556. The van der Waals surface area contributed by atoms with Crippen LogP contribution in [0.4, 0.5) is 5.00 Å². The number of nitro groups is 1. The second-order valence-corrected chi connectivity index (χ2v) is 5.06. The summed E-state index contributed by atoms with van der Waals surface area (Å²) in [4.78, 5) is 10.9. The van der Waals surface area contributed by atoms with Gasteiger partial charge in [-0.25, -0.2) is 0 Å². The predicted molar refractivity (Wildman–Crippen MR) is 59.0 cm³/mol. The minimum absolute atomic E-state index is 0.148. The van der Waals surface area contributed by atoms with Crippen molar-refractivity contribution in [3.05, 3.63) is 27.1 Å². The summed E-state index contributed by atoms with van der Waals surface area (Å²) in [7, 11) is 0. The average molecular weight is 230 g/mol. The molecule has 1 heterocycles. The zero-order chi connectivity index (χ0) is 11.5. The molecule has 15 heavy (non-hydrogen) atoms. The first kappa shape index (κ1) is 12.1. The number of hydrogen-bond acceptors (Lipinski definition) is 5. The lowest BCUT2D eigenvalue weighted by molar-refractivity contribution is -0.380. The summed E-state index contributed by atoms with van der Waals surface area (Å²) in [5.74, 6) is 0. The van der Waals surface area contributed by atoms with Gasteiger partial charge >= 0.3 is 5.00 Å². The van der Waals surface area contributed by atoms with Crippen molar-refractivity contribution in [1.82, 2.24) is 5.32 Å². The van der Waals surface area contributed by atoms with Crippen molar-refractivity contribution >= 4 is 16.3 Å². The highest BCUT2D eigenvalue weighted by Gasteiger charge is 2.13. The normalized spacial score (nSPS) is 11.7. The summed E-state index contributed by atoms with van der Waals surface area (Å²) in [6.07, 6.45) is 0. The number of nitrogens with one attached hydrogen (secondary N) is 1. The number of rotatable bonds is 5. The molecule has 0 amide bonds. The molecular formula is C9H14N2O3S. The molecule has 0 atom stereocenters. The van der Waals surface area contributed by atoms with Gasteiger partial charge in [-0.2, -0.15) is 0 Å². The summed E-state index contributed by atoms with van der Waals surface area (Å²) in [6.45, 7) is 4.41. The molecule has 1 aromatic heterocycles. The molecule has 0 aromatic carbocycles. The van der Waals surface area contributed by atoms with Gasteiger partial charge in [-0.15, -0.1) is 0 Å². The van der Waals surface area contributed by atoms with Gasteiger partial charge in [0.2, 0.25) is 0 Å². The molecule has 0 aliphatic carbocycles. The molecule has 6 heteroatoms. The molecule has 0 saturated carbocycles. The van der Waals surface area contributed by atoms with Crippen molar-refractivity contribution in [2.45, 2.75) is 26.0 Å². The van der Waals surface area contributed by atoms with E-state index in [-0.39, 0.29) is 5.00 Å². The summed E-state index contributed by atoms with van der Waals surface area (Å²) < 4.78 is 0. The fourth-order valence-electron chi connectivity index (χ4n) is 1.05. The SMILES string of the molecule is CC(C)(O)CNCc1ccc([N+](=O)[O-])s1. The van der Waals surface area contributed by atoms with Crippen molar-refractivity contribution in [2.24, 2.45) is 0 Å². The average Bonchev–Trinajstić information content (AvgIpc) is 2.50. The highest BCUT2D eigenvalue weighted by Crippen LogP contribution is 2.23. The second-order valence-electron chi connectivity index (χ2n) is 3.91. The van der Waals surface area contributed by atoms with Gasteiger partial charge in [-0.1, -0.05) is 11.3 Å². The summed E-state index contributed by atoms with van der Waals surface area (Å²) in [5, 5.41) is 23.0. The van der Waals surface area contributed by atoms with Crippen LogP contribution < -0.4 is 5.32 Å². The highest BCUT2D eigenvalue weighted by molar-refractivity contribution is 7.15. The van der Waals surface area contributed by atoms with Crippen LogP contribution in [0, 0.1) is 10.1 Å². The molecule has 0 saturated heterocycles. The van der Waals surface area contributed by atoms with Crippen LogP contribution in [0.2, 0.25) is 0 Å². The van der Waals surface area contributed by atoms with Crippen LogP contribution in [-0.4, -0.2) is 22.2 Å². The Labute approximate surface area is 91.9 Å². The van der Waals surface area contributed by atoms with Crippen LogP contribution in [0.3, 0.4) is 0 Å². The third kappa shape index (κ3) is 4.37. The minimum atomic E-state index is -0.761. The molecule has 0 aliphatic heterocycles. The summed E-state index contributed by atoms with van der Waals surface area (Å²) >= 11 is 1.15. The van der Waals surface area contributed by atoms with Gasteiger partial charge in [0.05, 0.1) is 10.5 Å². The molecule has 0 spiro atoms. The first-order valence-electron chi connectivity index (χ1n) is 4.55. The van der Waals surface area contributed by atoms with Crippen LogP contribution in [0.1, 0.15) is 18.7 Å². The Bertz CT molecular complexity index is 343. The van der Waals surface area contributed by atoms with Crippen molar-refractivity contribution in [3.8, 4) is 0 Å². The van der Waals surface area contributed by atoms with Crippen LogP contribution in [-0.2, 0) is 6.54 Å². The Morgan fingerprint density at radius 1 is 1.60 bits per heavy atom. The summed E-state index contributed by atoms with van der Waals surface area (Å²) in [5.41, 5.74) is -0.761. The maximum Gasteiger partial charge on any atom is 0.324 e. The minimum Gasteiger partial charge on any atom is -0.389 e. The predicted octanol–water partition coefficient (Wildman–Crippen LogP) is 1.52. The monoisotopic (exact) mass is 230 g/mol. The first-order valence-corrected chi connectivity index (χ1v) is 5.36. The molecule has 0 aliphatic rings. The molecular weight excluding hydrogens is 216 g/mol. The van der Waals surface area contributed by atoms with E-state index in [9.17, 15) is 15.2 Å². The molecule has 2 N–H and O–H groups in total. The van der Waals surface area contributed by atoms with Gasteiger partial charge < -0.3 is 10.4 Å². The maximum absolute atomic E-state index is 10.4. The highest BCUT2D eigenvalue weighted by atomic mass is 32.1. The lowest BCUT2D eigenvalue weighted by Crippen LogP contribution is -2.34. The standard InChI is InChI=1S/C9H14N2O3S/c1-9(2,12)6-10-5-7-3-4-8(15-7)11(13)14/h3-4,10,12H,5-6H2,1-2H3. The van der Waals surface area contributed by atoms with Crippen LogP contribution in [0.15, 0.2) is 12.1 Å². The Morgan fingerprint density at radius 2 is 2.27 bits per heavy atom. The van der Waals surface area contributed by atoms with E-state index < -0.39 is 10.5 Å². The molecule has 1 aromatic rings. The number of hydrogen-bond donors (Lipinski definition) is 2. The van der Waals surface area contributed by atoms with Gasteiger partial charge in [0, 0.05) is 24.0 Å². The van der Waals surface area contributed by atoms with Gasteiger partial charge in [0.25, 0.3) is 0 Å². The van der Waals surface area contributed by atoms with Crippen molar-refractivity contribution in [2.75, 3.05) is 6.54 Å². The quantitative estimate of drug-likeness (QED) is 0.594. The van der Waals surface area contributed by atoms with E-state index in [4.69, 9.17) is 0 Å². The van der Waals surface area contributed by atoms with Crippen molar-refractivity contribution in [1.29, 1.82) is 0 Å². The molecule has 0 bridgehead atoms.